The maximum atomic E-state index is 11.5. The molecule has 0 atom stereocenters. The van der Waals surface area contributed by atoms with Crippen LogP contribution in [0.15, 0.2) is 18.7 Å². The highest BCUT2D eigenvalue weighted by atomic mass is 16.2. The summed E-state index contributed by atoms with van der Waals surface area (Å²) in [4.78, 5) is 11.5. The molecule has 0 N–H and O–H groups in total. The first-order chi connectivity index (χ1) is 6.65. The van der Waals surface area contributed by atoms with Gasteiger partial charge in [-0.1, -0.05) is 18.4 Å². The van der Waals surface area contributed by atoms with Gasteiger partial charge in [-0.3, -0.25) is 4.79 Å². The average Bonchev–Trinajstić information content (AvgIpc) is 2.45. The Balaban J connectivity index is 2.79. The topological polar surface area (TPSA) is 34.9 Å². The van der Waals surface area contributed by atoms with Crippen LogP contribution in [0.25, 0.3) is 0 Å². The molecule has 0 bridgehead atoms. The van der Waals surface area contributed by atoms with E-state index in [1.807, 2.05) is 19.9 Å². The molecule has 0 amide bonds. The Morgan fingerprint density at radius 2 is 2.43 bits per heavy atom. The summed E-state index contributed by atoms with van der Waals surface area (Å²) in [6.07, 6.45) is 1.64. The van der Waals surface area contributed by atoms with E-state index in [0.29, 0.717) is 0 Å². The fourth-order valence-electron chi connectivity index (χ4n) is 1.16. The quantitative estimate of drug-likeness (QED) is 0.629. The predicted octanol–water partition coefficient (Wildman–Crippen LogP) is 1.72. The van der Waals surface area contributed by atoms with Crippen molar-refractivity contribution in [1.29, 1.82) is 0 Å². The molecule has 0 saturated heterocycles. The van der Waals surface area contributed by atoms with Gasteiger partial charge in [-0.05, 0) is 26.0 Å². The van der Waals surface area contributed by atoms with Crippen molar-refractivity contribution in [2.75, 3.05) is 0 Å². The predicted molar refractivity (Wildman–Crippen MR) is 54.9 cm³/mol. The van der Waals surface area contributed by atoms with Gasteiger partial charge in [0.25, 0.3) is 5.91 Å². The Kier molecular flexibility index (Phi) is 3.24. The number of aromatic nitrogens is 2. The second kappa shape index (κ2) is 4.43. The van der Waals surface area contributed by atoms with E-state index in [1.165, 1.54) is 10.8 Å². The van der Waals surface area contributed by atoms with Crippen LogP contribution in [0.4, 0.5) is 0 Å². The van der Waals surface area contributed by atoms with Crippen LogP contribution >= 0.6 is 0 Å². The lowest BCUT2D eigenvalue weighted by molar-refractivity contribution is 0.0901. The van der Waals surface area contributed by atoms with E-state index in [2.05, 4.69) is 23.5 Å². The number of rotatable bonds is 1. The molecule has 1 rings (SSSR count). The van der Waals surface area contributed by atoms with E-state index < -0.39 is 0 Å². The molecule has 3 nitrogen and oxygen atoms in total. The minimum Gasteiger partial charge on any atom is -0.271 e. The van der Waals surface area contributed by atoms with E-state index in [9.17, 15) is 4.79 Å². The fraction of sp³-hybridized carbons (Fsp3) is 0.273. The Bertz CT molecular complexity index is 418. The van der Waals surface area contributed by atoms with Gasteiger partial charge < -0.3 is 0 Å². The molecular weight excluding hydrogens is 176 g/mol. The van der Waals surface area contributed by atoms with Crippen LogP contribution in [0.5, 0.6) is 0 Å². The third kappa shape index (κ3) is 2.33. The molecule has 1 aromatic heterocycles. The zero-order valence-corrected chi connectivity index (χ0v) is 8.37. The van der Waals surface area contributed by atoms with E-state index in [4.69, 9.17) is 0 Å². The number of hydrogen-bond donors (Lipinski definition) is 0. The molecule has 72 valence electrons. The number of nitrogens with zero attached hydrogens (tertiary/aromatic N) is 2. The Labute approximate surface area is 83.4 Å². The lowest BCUT2D eigenvalue weighted by Gasteiger charge is -1.97. The summed E-state index contributed by atoms with van der Waals surface area (Å²) >= 11 is 0. The second-order valence-electron chi connectivity index (χ2n) is 2.93. The first kappa shape index (κ1) is 10.3. The molecule has 1 heterocycles. The molecular formula is C11H12N2O. The molecule has 1 aromatic rings. The molecule has 0 spiro atoms. The van der Waals surface area contributed by atoms with Gasteiger partial charge >= 0.3 is 0 Å². The summed E-state index contributed by atoms with van der Waals surface area (Å²) in [6, 6.07) is 1.86. The minimum atomic E-state index is -0.107. The summed E-state index contributed by atoms with van der Waals surface area (Å²) in [7, 11) is 0. The monoisotopic (exact) mass is 188 g/mol. The van der Waals surface area contributed by atoms with E-state index in [-0.39, 0.29) is 12.3 Å². The zero-order chi connectivity index (χ0) is 10.6. The number of hydrogen-bond acceptors (Lipinski definition) is 2. The van der Waals surface area contributed by atoms with Crippen molar-refractivity contribution < 1.29 is 4.79 Å². The fourth-order valence-corrected chi connectivity index (χ4v) is 1.16. The van der Waals surface area contributed by atoms with Gasteiger partial charge in [0.15, 0.2) is 0 Å². The van der Waals surface area contributed by atoms with Gasteiger partial charge in [0.1, 0.15) is 0 Å². The summed E-state index contributed by atoms with van der Waals surface area (Å²) in [5, 5.41) is 4.06. The number of aryl methyl sites for hydroxylation is 2. The van der Waals surface area contributed by atoms with Crippen LogP contribution < -0.4 is 0 Å². The van der Waals surface area contributed by atoms with Crippen LogP contribution in [0, 0.1) is 25.7 Å². The molecule has 0 saturated carbocycles. The van der Waals surface area contributed by atoms with Gasteiger partial charge in [0.2, 0.25) is 0 Å². The van der Waals surface area contributed by atoms with Crippen molar-refractivity contribution in [3.8, 4) is 11.8 Å². The van der Waals surface area contributed by atoms with Crippen LogP contribution in [-0.4, -0.2) is 15.7 Å². The highest BCUT2D eigenvalue weighted by molar-refractivity contribution is 5.81. The van der Waals surface area contributed by atoms with Crippen LogP contribution in [0.3, 0.4) is 0 Å². The number of carbonyl (C=O) groups is 1. The van der Waals surface area contributed by atoms with Gasteiger partial charge in [-0.15, -0.1) is 0 Å². The summed E-state index contributed by atoms with van der Waals surface area (Å²) in [5.41, 5.74) is 1.68. The molecule has 0 radical (unpaired) electrons. The minimum absolute atomic E-state index is 0.107. The van der Waals surface area contributed by atoms with Crippen molar-refractivity contribution in [2.24, 2.45) is 0 Å². The maximum absolute atomic E-state index is 11.5. The largest absolute Gasteiger partial charge is 0.271 e. The smallest absolute Gasteiger partial charge is 0.259 e. The first-order valence-corrected chi connectivity index (χ1v) is 4.31. The molecule has 0 aliphatic rings. The van der Waals surface area contributed by atoms with Gasteiger partial charge in [0.05, 0.1) is 12.1 Å². The summed E-state index contributed by atoms with van der Waals surface area (Å²) < 4.78 is 1.38. The zero-order valence-electron chi connectivity index (χ0n) is 8.37. The second-order valence-corrected chi connectivity index (χ2v) is 2.93. The van der Waals surface area contributed by atoms with E-state index in [1.54, 1.807) is 0 Å². The molecule has 0 aromatic carbocycles. The third-order valence-electron chi connectivity index (χ3n) is 1.69. The SMILES string of the molecule is C=CC#CCC(=O)n1nc(C)cc1C. The van der Waals surface area contributed by atoms with E-state index >= 15 is 0 Å². The van der Waals surface area contributed by atoms with Gasteiger partial charge in [-0.25, -0.2) is 4.68 Å². The average molecular weight is 188 g/mol. The molecule has 3 heteroatoms. The van der Waals surface area contributed by atoms with Crippen molar-refractivity contribution in [3.05, 3.63) is 30.1 Å². The van der Waals surface area contributed by atoms with Gasteiger partial charge in [-0.2, -0.15) is 5.10 Å². The van der Waals surface area contributed by atoms with Crippen molar-refractivity contribution in [2.45, 2.75) is 20.3 Å². The van der Waals surface area contributed by atoms with Gasteiger partial charge in [0, 0.05) is 5.69 Å². The third-order valence-corrected chi connectivity index (χ3v) is 1.69. The Morgan fingerprint density at radius 3 is 2.93 bits per heavy atom. The molecule has 0 aliphatic heterocycles. The lowest BCUT2D eigenvalue weighted by atomic mass is 10.3. The lowest BCUT2D eigenvalue weighted by Crippen LogP contribution is -2.12. The Morgan fingerprint density at radius 1 is 1.71 bits per heavy atom. The van der Waals surface area contributed by atoms with Crippen LogP contribution in [0.2, 0.25) is 0 Å². The molecule has 14 heavy (non-hydrogen) atoms. The van der Waals surface area contributed by atoms with Crippen molar-refractivity contribution in [1.82, 2.24) is 9.78 Å². The summed E-state index contributed by atoms with van der Waals surface area (Å²) in [5.74, 6) is 5.21. The summed E-state index contributed by atoms with van der Waals surface area (Å²) in [6.45, 7) is 7.14. The van der Waals surface area contributed by atoms with Crippen LogP contribution in [0.1, 0.15) is 22.6 Å². The molecule has 0 unspecified atom stereocenters. The standard InChI is InChI=1S/C11H12N2O/c1-4-5-6-7-11(14)13-10(3)8-9(2)12-13/h4,8H,1,7H2,2-3H3. The van der Waals surface area contributed by atoms with Crippen molar-refractivity contribution in [3.63, 3.8) is 0 Å². The highest BCUT2D eigenvalue weighted by Gasteiger charge is 2.07. The number of carbonyl (C=O) groups excluding carboxylic acids is 1. The van der Waals surface area contributed by atoms with Crippen LogP contribution in [-0.2, 0) is 0 Å². The van der Waals surface area contributed by atoms with E-state index in [0.717, 1.165) is 11.4 Å². The molecule has 0 aliphatic carbocycles. The highest BCUT2D eigenvalue weighted by Crippen LogP contribution is 2.02. The van der Waals surface area contributed by atoms with Crippen molar-refractivity contribution >= 4 is 5.91 Å². The maximum Gasteiger partial charge on any atom is 0.259 e. The Hall–Kier alpha value is -1.82. The first-order valence-electron chi connectivity index (χ1n) is 4.31. The number of allylic oxidation sites excluding steroid dienone is 1. The molecule has 0 fully saturated rings. The normalized spacial score (nSPS) is 9.00.